The van der Waals surface area contributed by atoms with E-state index in [4.69, 9.17) is 4.42 Å². The standard InChI is InChI=1S/C17H17F4N5O2/c1-3-25-9(2)12(7-22-25)23-17(27)14-5-4-10(28-14)8-26-13(16(20)21)6-11(24-26)15(18)19/h4-7,15-16H,3,8H2,1-2H3,(H,23,27). The molecule has 0 saturated carbocycles. The molecular formula is C17H17F4N5O2. The highest BCUT2D eigenvalue weighted by atomic mass is 19.3. The Balaban J connectivity index is 1.75. The van der Waals surface area contributed by atoms with Crippen LogP contribution in [0.2, 0.25) is 0 Å². The van der Waals surface area contributed by atoms with Crippen LogP contribution in [0.25, 0.3) is 0 Å². The van der Waals surface area contributed by atoms with Gasteiger partial charge >= 0.3 is 0 Å². The molecule has 150 valence electrons. The van der Waals surface area contributed by atoms with Gasteiger partial charge in [0.05, 0.1) is 24.1 Å². The molecule has 0 bridgehead atoms. The Morgan fingerprint density at radius 1 is 1.21 bits per heavy atom. The third kappa shape index (κ3) is 3.92. The highest BCUT2D eigenvalue weighted by Crippen LogP contribution is 2.26. The van der Waals surface area contributed by atoms with E-state index in [0.717, 1.165) is 10.4 Å². The van der Waals surface area contributed by atoms with Gasteiger partial charge in [-0.1, -0.05) is 0 Å². The first-order valence-electron chi connectivity index (χ1n) is 8.36. The van der Waals surface area contributed by atoms with Gasteiger partial charge in [0.15, 0.2) is 5.76 Å². The summed E-state index contributed by atoms with van der Waals surface area (Å²) in [4.78, 5) is 12.3. The molecule has 0 unspecified atom stereocenters. The first-order chi connectivity index (χ1) is 13.3. The molecule has 3 heterocycles. The summed E-state index contributed by atoms with van der Waals surface area (Å²) in [5.74, 6) is -0.483. The lowest BCUT2D eigenvalue weighted by Crippen LogP contribution is -2.12. The number of hydrogen-bond acceptors (Lipinski definition) is 4. The quantitative estimate of drug-likeness (QED) is 0.605. The third-order valence-corrected chi connectivity index (χ3v) is 4.12. The van der Waals surface area contributed by atoms with E-state index in [9.17, 15) is 22.4 Å². The van der Waals surface area contributed by atoms with E-state index >= 15 is 0 Å². The maximum atomic E-state index is 13.0. The second kappa shape index (κ2) is 7.87. The fourth-order valence-electron chi connectivity index (χ4n) is 2.67. The van der Waals surface area contributed by atoms with Gasteiger partial charge in [-0.05, 0) is 32.0 Å². The fourth-order valence-corrected chi connectivity index (χ4v) is 2.67. The number of aryl methyl sites for hydroxylation is 1. The predicted octanol–water partition coefficient (Wildman–Crippen LogP) is 4.18. The Labute approximate surface area is 156 Å². The van der Waals surface area contributed by atoms with Crippen LogP contribution in [0.5, 0.6) is 0 Å². The number of furan rings is 1. The van der Waals surface area contributed by atoms with E-state index in [2.05, 4.69) is 15.5 Å². The first kappa shape index (κ1) is 19.6. The molecule has 0 aliphatic rings. The van der Waals surface area contributed by atoms with Crippen molar-refractivity contribution in [2.24, 2.45) is 0 Å². The van der Waals surface area contributed by atoms with Gasteiger partial charge < -0.3 is 9.73 Å². The third-order valence-electron chi connectivity index (χ3n) is 4.12. The molecule has 0 radical (unpaired) electrons. The number of alkyl halides is 4. The fraction of sp³-hybridized carbons (Fsp3) is 0.353. The summed E-state index contributed by atoms with van der Waals surface area (Å²) in [6.07, 6.45) is -4.44. The van der Waals surface area contributed by atoms with E-state index in [1.54, 1.807) is 11.6 Å². The molecule has 1 amide bonds. The van der Waals surface area contributed by atoms with Crippen LogP contribution in [0.15, 0.2) is 28.8 Å². The van der Waals surface area contributed by atoms with Gasteiger partial charge in [-0.2, -0.15) is 10.2 Å². The Morgan fingerprint density at radius 2 is 1.96 bits per heavy atom. The minimum Gasteiger partial charge on any atom is -0.454 e. The number of nitrogens with zero attached hydrogens (tertiary/aromatic N) is 4. The minimum absolute atomic E-state index is 0.0570. The summed E-state index contributed by atoms with van der Waals surface area (Å²) in [6, 6.07) is 3.42. The highest BCUT2D eigenvalue weighted by Gasteiger charge is 2.22. The number of carbonyl (C=O) groups is 1. The van der Waals surface area contributed by atoms with Gasteiger partial charge in [-0.3, -0.25) is 14.2 Å². The van der Waals surface area contributed by atoms with Crippen molar-refractivity contribution >= 4 is 11.6 Å². The Hall–Kier alpha value is -3.11. The van der Waals surface area contributed by atoms with Crippen molar-refractivity contribution < 1.29 is 26.8 Å². The number of nitrogens with one attached hydrogen (secondary N) is 1. The zero-order valence-corrected chi connectivity index (χ0v) is 15.0. The van der Waals surface area contributed by atoms with Gasteiger partial charge in [0.1, 0.15) is 17.1 Å². The molecule has 7 nitrogen and oxygen atoms in total. The van der Waals surface area contributed by atoms with Crippen LogP contribution in [0, 0.1) is 6.92 Å². The number of aromatic nitrogens is 4. The summed E-state index contributed by atoms with van der Waals surface area (Å²) in [6.45, 7) is 4.03. The van der Waals surface area contributed by atoms with Gasteiger partial charge in [0.2, 0.25) is 0 Å². The molecule has 3 aromatic heterocycles. The molecule has 11 heteroatoms. The van der Waals surface area contributed by atoms with Crippen molar-refractivity contribution in [1.82, 2.24) is 19.6 Å². The maximum absolute atomic E-state index is 13.0. The number of halogens is 4. The SMILES string of the molecule is CCn1ncc(NC(=O)c2ccc(Cn3nc(C(F)F)cc3C(F)F)o2)c1C. The van der Waals surface area contributed by atoms with E-state index in [-0.39, 0.29) is 18.1 Å². The van der Waals surface area contributed by atoms with E-state index in [0.29, 0.717) is 18.3 Å². The van der Waals surface area contributed by atoms with Crippen LogP contribution in [-0.4, -0.2) is 25.5 Å². The summed E-state index contributed by atoms with van der Waals surface area (Å²) in [5, 5.41) is 10.2. The van der Waals surface area contributed by atoms with Crippen LogP contribution < -0.4 is 5.32 Å². The summed E-state index contributed by atoms with van der Waals surface area (Å²) in [5.41, 5.74) is -0.123. The van der Waals surface area contributed by atoms with Gasteiger partial charge in [-0.15, -0.1) is 0 Å². The van der Waals surface area contributed by atoms with Gasteiger partial charge in [0, 0.05) is 6.54 Å². The van der Waals surface area contributed by atoms with Crippen molar-refractivity contribution in [3.63, 3.8) is 0 Å². The minimum atomic E-state index is -2.98. The van der Waals surface area contributed by atoms with E-state index in [1.165, 1.54) is 18.3 Å². The normalized spacial score (nSPS) is 11.6. The van der Waals surface area contributed by atoms with Crippen molar-refractivity contribution in [3.8, 4) is 0 Å². The van der Waals surface area contributed by atoms with Crippen molar-refractivity contribution in [2.75, 3.05) is 5.32 Å². The molecule has 1 N–H and O–H groups in total. The van der Waals surface area contributed by atoms with Crippen LogP contribution in [0.3, 0.4) is 0 Å². The molecule has 0 fully saturated rings. The van der Waals surface area contributed by atoms with Crippen LogP contribution in [0.1, 0.15) is 53.2 Å². The number of carbonyl (C=O) groups excluding carboxylic acids is 1. The number of hydrogen-bond donors (Lipinski definition) is 1. The molecule has 0 aliphatic heterocycles. The summed E-state index contributed by atoms with van der Waals surface area (Å²) in [7, 11) is 0. The molecule has 0 spiro atoms. The van der Waals surface area contributed by atoms with E-state index in [1.807, 2.05) is 6.92 Å². The molecule has 3 rings (SSSR count). The van der Waals surface area contributed by atoms with Crippen molar-refractivity contribution in [3.05, 3.63) is 53.0 Å². The van der Waals surface area contributed by atoms with Gasteiger partial charge in [-0.25, -0.2) is 17.6 Å². The molecule has 0 atom stereocenters. The monoisotopic (exact) mass is 399 g/mol. The Bertz CT molecular complexity index is 976. The number of anilines is 1. The molecular weight excluding hydrogens is 382 g/mol. The number of amides is 1. The average Bonchev–Trinajstić information content (AvgIpc) is 3.35. The van der Waals surface area contributed by atoms with Crippen LogP contribution in [0.4, 0.5) is 23.2 Å². The molecule has 0 aliphatic carbocycles. The first-order valence-corrected chi connectivity index (χ1v) is 8.36. The second-order valence-corrected chi connectivity index (χ2v) is 5.93. The molecule has 0 aromatic carbocycles. The lowest BCUT2D eigenvalue weighted by molar-refractivity contribution is 0.0993. The second-order valence-electron chi connectivity index (χ2n) is 5.93. The predicted molar refractivity (Wildman–Crippen MR) is 90.5 cm³/mol. The lowest BCUT2D eigenvalue weighted by Gasteiger charge is -2.05. The smallest absolute Gasteiger partial charge is 0.291 e. The van der Waals surface area contributed by atoms with E-state index < -0.39 is 30.1 Å². The summed E-state index contributed by atoms with van der Waals surface area (Å²) >= 11 is 0. The lowest BCUT2D eigenvalue weighted by atomic mass is 10.3. The average molecular weight is 399 g/mol. The topological polar surface area (TPSA) is 77.9 Å². The van der Waals surface area contributed by atoms with Crippen molar-refractivity contribution in [1.29, 1.82) is 0 Å². The zero-order valence-electron chi connectivity index (χ0n) is 15.0. The van der Waals surface area contributed by atoms with Crippen molar-refractivity contribution in [2.45, 2.75) is 39.8 Å². The molecule has 28 heavy (non-hydrogen) atoms. The van der Waals surface area contributed by atoms with Crippen LogP contribution >= 0.6 is 0 Å². The van der Waals surface area contributed by atoms with Gasteiger partial charge in [0.25, 0.3) is 18.8 Å². The largest absolute Gasteiger partial charge is 0.454 e. The highest BCUT2D eigenvalue weighted by molar-refractivity contribution is 6.02. The molecule has 0 saturated heterocycles. The summed E-state index contributed by atoms with van der Waals surface area (Å²) < 4.78 is 59.4. The molecule has 3 aromatic rings. The Kier molecular flexibility index (Phi) is 5.52. The number of rotatable bonds is 7. The van der Waals surface area contributed by atoms with Crippen LogP contribution in [-0.2, 0) is 13.1 Å². The Morgan fingerprint density at radius 3 is 2.57 bits per heavy atom. The maximum Gasteiger partial charge on any atom is 0.291 e. The zero-order chi connectivity index (χ0) is 20.4.